The first-order valence-corrected chi connectivity index (χ1v) is 12.5. The summed E-state index contributed by atoms with van der Waals surface area (Å²) >= 11 is 0. The molecular formula is C28H33N3O5. The fourth-order valence-corrected chi connectivity index (χ4v) is 4.94. The predicted molar refractivity (Wildman–Crippen MR) is 138 cm³/mol. The highest BCUT2D eigenvalue weighted by molar-refractivity contribution is 5.92. The molecule has 190 valence electrons. The molecule has 8 nitrogen and oxygen atoms in total. The quantitative estimate of drug-likeness (QED) is 0.450. The van der Waals surface area contributed by atoms with Crippen molar-refractivity contribution in [1.29, 1.82) is 0 Å². The number of methoxy groups -OCH3 is 2. The second-order valence-electron chi connectivity index (χ2n) is 9.57. The van der Waals surface area contributed by atoms with E-state index >= 15 is 0 Å². The average Bonchev–Trinajstić information content (AvgIpc) is 3.59. The molecule has 0 unspecified atom stereocenters. The molecule has 1 saturated heterocycles. The van der Waals surface area contributed by atoms with Crippen molar-refractivity contribution in [1.82, 2.24) is 9.88 Å². The Bertz CT molecular complexity index is 1270. The zero-order chi connectivity index (χ0) is 25.2. The topological polar surface area (TPSA) is 73.4 Å². The lowest BCUT2D eigenvalue weighted by Crippen LogP contribution is -2.34. The molecular weight excluding hydrogens is 458 g/mol. The number of hydrogen-bond acceptors (Lipinski definition) is 7. The number of fused-ring (bicyclic) bond motifs is 2. The average molecular weight is 492 g/mol. The summed E-state index contributed by atoms with van der Waals surface area (Å²) in [5, 5.41) is 0.870. The summed E-state index contributed by atoms with van der Waals surface area (Å²) in [6.07, 6.45) is 2.25. The molecule has 1 aromatic heterocycles. The van der Waals surface area contributed by atoms with Gasteiger partial charge in [-0.15, -0.1) is 0 Å². The molecule has 36 heavy (non-hydrogen) atoms. The number of hydrogen-bond donors (Lipinski definition) is 0. The van der Waals surface area contributed by atoms with Crippen LogP contribution in [0.25, 0.3) is 10.9 Å². The summed E-state index contributed by atoms with van der Waals surface area (Å²) < 4.78 is 22.3. The summed E-state index contributed by atoms with van der Waals surface area (Å²) in [6.45, 7) is 6.86. The van der Waals surface area contributed by atoms with E-state index in [2.05, 4.69) is 11.0 Å². The van der Waals surface area contributed by atoms with E-state index in [4.69, 9.17) is 23.9 Å². The Labute approximate surface area is 211 Å². The smallest absolute Gasteiger partial charge is 0.231 e. The van der Waals surface area contributed by atoms with Gasteiger partial charge in [0.05, 0.1) is 14.2 Å². The summed E-state index contributed by atoms with van der Waals surface area (Å²) in [5.74, 6) is 3.72. The van der Waals surface area contributed by atoms with Gasteiger partial charge in [-0.25, -0.2) is 4.98 Å². The number of benzene rings is 2. The zero-order valence-electron chi connectivity index (χ0n) is 21.4. The lowest BCUT2D eigenvalue weighted by molar-refractivity contribution is -0.135. The Morgan fingerprint density at radius 3 is 2.44 bits per heavy atom. The maximum Gasteiger partial charge on any atom is 0.231 e. The second-order valence-corrected chi connectivity index (χ2v) is 9.57. The Kier molecular flexibility index (Phi) is 6.76. The van der Waals surface area contributed by atoms with E-state index < -0.39 is 0 Å². The Balaban J connectivity index is 1.57. The van der Waals surface area contributed by atoms with Crippen LogP contribution in [0.5, 0.6) is 23.0 Å². The molecule has 3 heterocycles. The van der Waals surface area contributed by atoms with Gasteiger partial charge in [-0.2, -0.15) is 0 Å². The molecule has 0 atom stereocenters. The fraction of sp³-hybridized carbons (Fsp3) is 0.429. The van der Waals surface area contributed by atoms with Crippen LogP contribution in [0.15, 0.2) is 36.4 Å². The molecule has 0 aliphatic carbocycles. The molecule has 1 fully saturated rings. The minimum Gasteiger partial charge on any atom is -0.496 e. The van der Waals surface area contributed by atoms with Crippen LogP contribution in [0, 0.1) is 5.92 Å². The third-order valence-electron chi connectivity index (χ3n) is 6.79. The minimum atomic E-state index is -0.141. The summed E-state index contributed by atoms with van der Waals surface area (Å²) in [4.78, 5) is 22.7. The number of carbonyl (C=O) groups excluding carboxylic acids is 1. The van der Waals surface area contributed by atoms with E-state index in [1.54, 1.807) is 14.2 Å². The summed E-state index contributed by atoms with van der Waals surface area (Å²) in [6, 6.07) is 11.7. The number of anilines is 1. The van der Waals surface area contributed by atoms with E-state index in [0.29, 0.717) is 24.6 Å². The van der Waals surface area contributed by atoms with Crippen LogP contribution in [0.3, 0.4) is 0 Å². The van der Waals surface area contributed by atoms with Gasteiger partial charge in [0.15, 0.2) is 11.5 Å². The van der Waals surface area contributed by atoms with Gasteiger partial charge >= 0.3 is 0 Å². The standard InChI is InChI=1S/C28H33N3O5/c1-18(2)28(32)31(15-19-7-8-23-25(13-19)36-17-35-23)16-20-14-21-22(33-3)9-10-24(34-4)26(21)29-27(20)30-11-5-6-12-30/h7-10,13-14,18H,5-6,11-12,15-17H2,1-4H3. The van der Waals surface area contributed by atoms with Gasteiger partial charge in [-0.1, -0.05) is 19.9 Å². The number of pyridine rings is 1. The molecule has 0 bridgehead atoms. The lowest BCUT2D eigenvalue weighted by atomic mass is 10.1. The van der Waals surface area contributed by atoms with Gasteiger partial charge in [-0.05, 0) is 48.7 Å². The van der Waals surface area contributed by atoms with Gasteiger partial charge in [0.2, 0.25) is 12.7 Å². The molecule has 2 aromatic carbocycles. The molecule has 5 rings (SSSR count). The molecule has 0 N–H and O–H groups in total. The molecule has 8 heteroatoms. The van der Waals surface area contributed by atoms with Crippen LogP contribution in [0.4, 0.5) is 5.82 Å². The second kappa shape index (κ2) is 10.1. The highest BCUT2D eigenvalue weighted by atomic mass is 16.7. The van der Waals surface area contributed by atoms with Gasteiger partial charge in [0, 0.05) is 43.0 Å². The SMILES string of the molecule is COc1ccc(OC)c2nc(N3CCCC3)c(CN(Cc3ccc4c(c3)OCO4)C(=O)C(C)C)cc12. The van der Waals surface area contributed by atoms with Crippen molar-refractivity contribution in [2.24, 2.45) is 5.92 Å². The normalized spacial score (nSPS) is 14.5. The third kappa shape index (κ3) is 4.59. The van der Waals surface area contributed by atoms with E-state index in [-0.39, 0.29) is 18.6 Å². The van der Waals surface area contributed by atoms with Crippen molar-refractivity contribution in [2.75, 3.05) is 39.0 Å². The van der Waals surface area contributed by atoms with Crippen LogP contribution >= 0.6 is 0 Å². The first kappa shape index (κ1) is 24.0. The Hall–Kier alpha value is -3.68. The highest BCUT2D eigenvalue weighted by Crippen LogP contribution is 2.37. The third-order valence-corrected chi connectivity index (χ3v) is 6.79. The molecule has 2 aliphatic rings. The van der Waals surface area contributed by atoms with Gasteiger partial charge < -0.3 is 28.7 Å². The van der Waals surface area contributed by atoms with E-state index in [0.717, 1.165) is 65.3 Å². The van der Waals surface area contributed by atoms with Crippen LogP contribution in [-0.2, 0) is 17.9 Å². The van der Waals surface area contributed by atoms with Crippen molar-refractivity contribution in [2.45, 2.75) is 39.8 Å². The Morgan fingerprint density at radius 1 is 1.00 bits per heavy atom. The van der Waals surface area contributed by atoms with E-state index in [1.165, 1.54) is 0 Å². The molecule has 0 radical (unpaired) electrons. The minimum absolute atomic E-state index is 0.0812. The van der Waals surface area contributed by atoms with Crippen molar-refractivity contribution < 1.29 is 23.7 Å². The van der Waals surface area contributed by atoms with E-state index in [1.807, 2.05) is 49.1 Å². The monoisotopic (exact) mass is 491 g/mol. The number of nitrogens with zero attached hydrogens (tertiary/aromatic N) is 3. The number of rotatable bonds is 8. The lowest BCUT2D eigenvalue weighted by Gasteiger charge is -2.28. The molecule has 0 saturated carbocycles. The number of ether oxygens (including phenoxy) is 4. The summed E-state index contributed by atoms with van der Waals surface area (Å²) in [7, 11) is 3.31. The number of carbonyl (C=O) groups is 1. The van der Waals surface area contributed by atoms with E-state index in [9.17, 15) is 4.79 Å². The zero-order valence-corrected chi connectivity index (χ0v) is 21.4. The maximum absolute atomic E-state index is 13.4. The highest BCUT2D eigenvalue weighted by Gasteiger charge is 2.25. The Morgan fingerprint density at radius 2 is 1.72 bits per heavy atom. The van der Waals surface area contributed by atoms with Crippen LogP contribution in [0.1, 0.15) is 37.8 Å². The van der Waals surface area contributed by atoms with Gasteiger partial charge in [0.25, 0.3) is 0 Å². The van der Waals surface area contributed by atoms with Crippen molar-refractivity contribution >= 4 is 22.6 Å². The van der Waals surface area contributed by atoms with Crippen LogP contribution in [0.2, 0.25) is 0 Å². The molecule has 0 spiro atoms. The number of aromatic nitrogens is 1. The fourth-order valence-electron chi connectivity index (χ4n) is 4.94. The first-order valence-electron chi connectivity index (χ1n) is 12.5. The number of amides is 1. The van der Waals surface area contributed by atoms with Crippen LogP contribution < -0.4 is 23.8 Å². The molecule has 3 aromatic rings. The van der Waals surface area contributed by atoms with Gasteiger partial charge in [0.1, 0.15) is 22.8 Å². The van der Waals surface area contributed by atoms with Crippen LogP contribution in [-0.4, -0.2) is 49.9 Å². The van der Waals surface area contributed by atoms with Gasteiger partial charge in [-0.3, -0.25) is 4.79 Å². The molecule has 2 aliphatic heterocycles. The summed E-state index contributed by atoms with van der Waals surface area (Å²) in [5.41, 5.74) is 2.75. The first-order chi connectivity index (χ1) is 17.5. The maximum atomic E-state index is 13.4. The van der Waals surface area contributed by atoms with Crippen molar-refractivity contribution in [3.8, 4) is 23.0 Å². The predicted octanol–water partition coefficient (Wildman–Crippen LogP) is 4.77. The van der Waals surface area contributed by atoms with Crippen molar-refractivity contribution in [3.63, 3.8) is 0 Å². The van der Waals surface area contributed by atoms with Crippen molar-refractivity contribution in [3.05, 3.63) is 47.5 Å². The molecule has 1 amide bonds. The largest absolute Gasteiger partial charge is 0.496 e.